The number of terminal acetylenes is 2. The molecular formula is C17H12BrNO4S. The summed E-state index contributed by atoms with van der Waals surface area (Å²) in [5.74, 6) is 5.19. The zero-order valence-corrected chi connectivity index (χ0v) is 15.1. The molecular weight excluding hydrogens is 394 g/mol. The highest BCUT2D eigenvalue weighted by atomic mass is 79.9. The first-order valence-electron chi connectivity index (χ1n) is 6.64. The molecule has 1 heterocycles. The molecule has 1 aliphatic rings. The summed E-state index contributed by atoms with van der Waals surface area (Å²) < 4.78 is 11.3. The standard InChI is InChI=1S/C17H12BrNO4S/c1-4-6-19-16(20)15(24-17(19)21)9-11-8-13(22-3)14(10-12(11)18)23-7-5-2/h1-2,8-10H,6-7H2,3H3/b15-9+. The number of rotatable bonds is 5. The van der Waals surface area contributed by atoms with Gasteiger partial charge in [-0.25, -0.2) is 0 Å². The first kappa shape index (κ1) is 18.0. The zero-order valence-electron chi connectivity index (χ0n) is 12.7. The maximum absolute atomic E-state index is 12.2. The van der Waals surface area contributed by atoms with E-state index in [4.69, 9.17) is 22.3 Å². The van der Waals surface area contributed by atoms with Crippen molar-refractivity contribution in [3.05, 3.63) is 27.1 Å². The minimum absolute atomic E-state index is 0.0502. The van der Waals surface area contributed by atoms with Gasteiger partial charge in [0.15, 0.2) is 11.5 Å². The number of benzene rings is 1. The molecule has 0 bridgehead atoms. The predicted octanol–water partition coefficient (Wildman–Crippen LogP) is 3.14. The maximum atomic E-state index is 12.2. The van der Waals surface area contributed by atoms with E-state index < -0.39 is 5.91 Å². The molecule has 2 rings (SSSR count). The summed E-state index contributed by atoms with van der Waals surface area (Å²) in [6.45, 7) is 0.0541. The number of carbonyl (C=O) groups is 2. The van der Waals surface area contributed by atoms with Crippen LogP contribution < -0.4 is 9.47 Å². The topological polar surface area (TPSA) is 55.8 Å². The number of nitrogens with zero attached hydrogens (tertiary/aromatic N) is 1. The Morgan fingerprint density at radius 1 is 1.29 bits per heavy atom. The van der Waals surface area contributed by atoms with Crippen LogP contribution in [0.4, 0.5) is 4.79 Å². The second-order valence-electron chi connectivity index (χ2n) is 4.49. The SMILES string of the molecule is C#CCOc1cc(Br)c(/C=C2/SC(=O)N(CC#C)C2=O)cc1OC. The average molecular weight is 406 g/mol. The summed E-state index contributed by atoms with van der Waals surface area (Å²) in [4.78, 5) is 25.3. The summed E-state index contributed by atoms with van der Waals surface area (Å²) in [5, 5.41) is -0.388. The predicted molar refractivity (Wildman–Crippen MR) is 96.5 cm³/mol. The van der Waals surface area contributed by atoms with Crippen LogP contribution in [-0.2, 0) is 4.79 Å². The molecule has 1 aliphatic heterocycles. The second-order valence-corrected chi connectivity index (χ2v) is 6.34. The third kappa shape index (κ3) is 3.76. The van der Waals surface area contributed by atoms with Gasteiger partial charge in [-0.15, -0.1) is 12.8 Å². The lowest BCUT2D eigenvalue weighted by atomic mass is 10.2. The van der Waals surface area contributed by atoms with E-state index in [1.807, 2.05) is 0 Å². The van der Waals surface area contributed by atoms with Crippen molar-refractivity contribution < 1.29 is 19.1 Å². The highest BCUT2D eigenvalue weighted by Gasteiger charge is 2.34. The molecule has 0 saturated carbocycles. The molecule has 0 spiro atoms. The Hall–Kier alpha value is -2.35. The Kier molecular flexibility index (Phi) is 5.97. The highest BCUT2D eigenvalue weighted by molar-refractivity contribution is 9.10. The van der Waals surface area contributed by atoms with Gasteiger partial charge in [0.1, 0.15) is 6.61 Å². The number of hydrogen-bond donors (Lipinski definition) is 0. The van der Waals surface area contributed by atoms with Gasteiger partial charge < -0.3 is 9.47 Å². The largest absolute Gasteiger partial charge is 0.493 e. The molecule has 0 radical (unpaired) electrons. The van der Waals surface area contributed by atoms with Crippen LogP contribution in [0.3, 0.4) is 0 Å². The number of methoxy groups -OCH3 is 1. The number of imide groups is 1. The lowest BCUT2D eigenvalue weighted by Crippen LogP contribution is -2.28. The van der Waals surface area contributed by atoms with Gasteiger partial charge in [0.05, 0.1) is 18.6 Å². The molecule has 5 nitrogen and oxygen atoms in total. The molecule has 0 N–H and O–H groups in total. The van der Waals surface area contributed by atoms with E-state index in [9.17, 15) is 9.59 Å². The Morgan fingerprint density at radius 3 is 2.67 bits per heavy atom. The first-order valence-corrected chi connectivity index (χ1v) is 8.25. The minimum Gasteiger partial charge on any atom is -0.493 e. The van der Waals surface area contributed by atoms with Crippen molar-refractivity contribution in [2.45, 2.75) is 0 Å². The van der Waals surface area contributed by atoms with E-state index >= 15 is 0 Å². The molecule has 0 atom stereocenters. The van der Waals surface area contributed by atoms with Crippen LogP contribution in [-0.4, -0.2) is 36.3 Å². The normalized spacial score (nSPS) is 15.3. The van der Waals surface area contributed by atoms with Gasteiger partial charge in [0.2, 0.25) is 0 Å². The molecule has 1 fully saturated rings. The summed E-state index contributed by atoms with van der Waals surface area (Å²) in [7, 11) is 1.50. The van der Waals surface area contributed by atoms with E-state index in [2.05, 4.69) is 27.8 Å². The maximum Gasteiger partial charge on any atom is 0.294 e. The third-order valence-electron chi connectivity index (χ3n) is 3.00. The van der Waals surface area contributed by atoms with Crippen molar-refractivity contribution in [2.24, 2.45) is 0 Å². The number of carbonyl (C=O) groups excluding carboxylic acids is 2. The van der Waals surface area contributed by atoms with Gasteiger partial charge in [-0.3, -0.25) is 14.5 Å². The van der Waals surface area contributed by atoms with E-state index in [-0.39, 0.29) is 23.3 Å². The molecule has 1 aromatic rings. The Morgan fingerprint density at radius 2 is 2.04 bits per heavy atom. The van der Waals surface area contributed by atoms with E-state index in [0.29, 0.717) is 21.5 Å². The molecule has 1 saturated heterocycles. The van der Waals surface area contributed by atoms with Gasteiger partial charge in [0, 0.05) is 4.47 Å². The van der Waals surface area contributed by atoms with Gasteiger partial charge in [-0.2, -0.15) is 0 Å². The molecule has 122 valence electrons. The van der Waals surface area contributed by atoms with Crippen LogP contribution in [0.15, 0.2) is 21.5 Å². The van der Waals surface area contributed by atoms with Crippen molar-refractivity contribution in [1.29, 1.82) is 0 Å². The molecule has 0 aliphatic carbocycles. The number of hydrogen-bond acceptors (Lipinski definition) is 5. The first-order chi connectivity index (χ1) is 11.5. The molecule has 24 heavy (non-hydrogen) atoms. The van der Waals surface area contributed by atoms with Gasteiger partial charge >= 0.3 is 0 Å². The Labute approximate surface area is 152 Å². The molecule has 0 unspecified atom stereocenters. The van der Waals surface area contributed by atoms with Gasteiger partial charge in [-0.1, -0.05) is 27.8 Å². The van der Waals surface area contributed by atoms with Crippen molar-refractivity contribution in [3.63, 3.8) is 0 Å². The van der Waals surface area contributed by atoms with Crippen molar-refractivity contribution in [3.8, 4) is 36.2 Å². The number of halogens is 1. The average Bonchev–Trinajstić information content (AvgIpc) is 2.82. The van der Waals surface area contributed by atoms with Crippen LogP contribution in [0.2, 0.25) is 0 Å². The lowest BCUT2D eigenvalue weighted by Gasteiger charge is -2.11. The fraction of sp³-hybridized carbons (Fsp3) is 0.176. The Balaban J connectivity index is 2.36. The van der Waals surface area contributed by atoms with Crippen LogP contribution in [0.5, 0.6) is 11.5 Å². The zero-order chi connectivity index (χ0) is 17.7. The summed E-state index contributed by atoms with van der Waals surface area (Å²) >= 11 is 4.25. The number of ether oxygens (including phenoxy) is 2. The van der Waals surface area contributed by atoms with E-state index in [1.165, 1.54) is 7.11 Å². The van der Waals surface area contributed by atoms with E-state index in [1.54, 1.807) is 18.2 Å². The van der Waals surface area contributed by atoms with Crippen LogP contribution >= 0.6 is 27.7 Å². The summed E-state index contributed by atoms with van der Waals surface area (Å²) in [6, 6.07) is 3.37. The fourth-order valence-electron chi connectivity index (χ4n) is 1.92. The number of amides is 2. The summed E-state index contributed by atoms with van der Waals surface area (Å²) in [6.07, 6.45) is 12.0. The molecule has 0 aromatic heterocycles. The smallest absolute Gasteiger partial charge is 0.294 e. The quantitative estimate of drug-likeness (QED) is 0.556. The highest BCUT2D eigenvalue weighted by Crippen LogP contribution is 2.37. The van der Waals surface area contributed by atoms with Crippen molar-refractivity contribution in [2.75, 3.05) is 20.3 Å². The second kappa shape index (κ2) is 7.96. The van der Waals surface area contributed by atoms with Crippen molar-refractivity contribution >= 4 is 44.9 Å². The lowest BCUT2D eigenvalue weighted by molar-refractivity contribution is -0.122. The monoisotopic (exact) mass is 405 g/mol. The van der Waals surface area contributed by atoms with Crippen LogP contribution in [0.1, 0.15) is 5.56 Å². The van der Waals surface area contributed by atoms with Crippen LogP contribution in [0.25, 0.3) is 6.08 Å². The third-order valence-corrected chi connectivity index (χ3v) is 4.60. The molecule has 7 heteroatoms. The number of thioether (sulfide) groups is 1. The Bertz CT molecular complexity index is 804. The van der Waals surface area contributed by atoms with Crippen molar-refractivity contribution in [1.82, 2.24) is 4.90 Å². The minimum atomic E-state index is -0.415. The van der Waals surface area contributed by atoms with Gasteiger partial charge in [-0.05, 0) is 35.5 Å². The molecule has 2 amide bonds. The molecule has 1 aromatic carbocycles. The summed E-state index contributed by atoms with van der Waals surface area (Å²) in [5.41, 5.74) is 0.658. The fourth-order valence-corrected chi connectivity index (χ4v) is 3.19. The van der Waals surface area contributed by atoms with E-state index in [0.717, 1.165) is 16.7 Å². The van der Waals surface area contributed by atoms with Gasteiger partial charge in [0.25, 0.3) is 11.1 Å². The van der Waals surface area contributed by atoms with Crippen LogP contribution in [0, 0.1) is 24.7 Å².